The van der Waals surface area contributed by atoms with Crippen molar-refractivity contribution < 1.29 is 4.79 Å². The van der Waals surface area contributed by atoms with E-state index >= 15 is 0 Å². The van der Waals surface area contributed by atoms with Crippen molar-refractivity contribution in [1.29, 1.82) is 0 Å². The first-order valence-electron chi connectivity index (χ1n) is 4.49. The molecule has 1 aliphatic heterocycles. The monoisotopic (exact) mass is 187 g/mol. The number of amides is 1. The minimum absolute atomic E-state index is 0.404. The Bertz CT molecular complexity index is 161. The molecule has 0 spiro atoms. The van der Waals surface area contributed by atoms with Crippen LogP contribution < -0.4 is 0 Å². The Morgan fingerprint density at radius 1 is 1.58 bits per heavy atom. The first-order valence-corrected chi connectivity index (χ1v) is 5.54. The predicted molar refractivity (Wildman–Crippen MR) is 53.3 cm³/mol. The average molecular weight is 187 g/mol. The number of hydrogen-bond donors (Lipinski definition) is 0. The van der Waals surface area contributed by atoms with E-state index in [1.54, 1.807) is 0 Å². The summed E-state index contributed by atoms with van der Waals surface area (Å²) in [6, 6.07) is 0.404. The summed E-state index contributed by atoms with van der Waals surface area (Å²) in [4.78, 5) is 12.6. The summed E-state index contributed by atoms with van der Waals surface area (Å²) in [5.74, 6) is 1.75. The number of carbonyl (C=O) groups is 1. The fourth-order valence-corrected chi connectivity index (χ4v) is 3.13. The van der Waals surface area contributed by atoms with E-state index < -0.39 is 0 Å². The maximum absolute atomic E-state index is 10.7. The van der Waals surface area contributed by atoms with Gasteiger partial charge in [0, 0.05) is 23.6 Å². The molecule has 1 rings (SSSR count). The van der Waals surface area contributed by atoms with Crippen LogP contribution in [0.1, 0.15) is 20.8 Å². The molecule has 12 heavy (non-hydrogen) atoms. The van der Waals surface area contributed by atoms with Crippen LogP contribution in [0.15, 0.2) is 0 Å². The minimum Gasteiger partial charge on any atom is -0.341 e. The van der Waals surface area contributed by atoms with Crippen molar-refractivity contribution in [2.24, 2.45) is 5.92 Å². The van der Waals surface area contributed by atoms with Crippen LogP contribution >= 0.6 is 11.8 Å². The summed E-state index contributed by atoms with van der Waals surface area (Å²) in [7, 11) is 0. The van der Waals surface area contributed by atoms with E-state index in [1.165, 1.54) is 0 Å². The fraction of sp³-hybridized carbons (Fsp3) is 0.889. The zero-order chi connectivity index (χ0) is 9.14. The molecule has 0 radical (unpaired) electrons. The van der Waals surface area contributed by atoms with Gasteiger partial charge in [-0.25, -0.2) is 0 Å². The molecule has 0 bridgehead atoms. The Labute approximate surface area is 78.7 Å². The van der Waals surface area contributed by atoms with Crippen LogP contribution in [0.4, 0.5) is 0 Å². The minimum atomic E-state index is 0.404. The topological polar surface area (TPSA) is 20.3 Å². The quantitative estimate of drug-likeness (QED) is 0.612. The van der Waals surface area contributed by atoms with Crippen LogP contribution in [0.3, 0.4) is 0 Å². The van der Waals surface area contributed by atoms with E-state index in [0.29, 0.717) is 17.2 Å². The van der Waals surface area contributed by atoms with E-state index in [2.05, 4.69) is 20.8 Å². The normalized spacial score (nSPS) is 30.8. The molecule has 1 amide bonds. The lowest BCUT2D eigenvalue weighted by Gasteiger charge is -2.38. The third kappa shape index (κ3) is 1.94. The number of thioether (sulfide) groups is 1. The van der Waals surface area contributed by atoms with Crippen LogP contribution in [0.5, 0.6) is 0 Å². The second kappa shape index (κ2) is 4.17. The molecule has 0 saturated carbocycles. The smallest absolute Gasteiger partial charge is 0.210 e. The van der Waals surface area contributed by atoms with Gasteiger partial charge in [0.25, 0.3) is 0 Å². The largest absolute Gasteiger partial charge is 0.341 e. The summed E-state index contributed by atoms with van der Waals surface area (Å²) < 4.78 is 0. The molecule has 1 saturated heterocycles. The first-order chi connectivity index (χ1) is 5.66. The third-order valence-electron chi connectivity index (χ3n) is 2.45. The zero-order valence-corrected chi connectivity index (χ0v) is 8.80. The summed E-state index contributed by atoms with van der Waals surface area (Å²) in [6.07, 6.45) is 0.986. The van der Waals surface area contributed by atoms with Crippen molar-refractivity contribution in [3.63, 3.8) is 0 Å². The summed E-state index contributed by atoms with van der Waals surface area (Å²) in [6.45, 7) is 7.51. The zero-order valence-electron chi connectivity index (χ0n) is 7.99. The SMILES string of the molecule is CC(C)C1SCCN(C=O)C1C. The Hall–Kier alpha value is -0.180. The third-order valence-corrected chi connectivity index (χ3v) is 4.19. The molecule has 2 unspecified atom stereocenters. The van der Waals surface area contributed by atoms with Crippen molar-refractivity contribution in [3.8, 4) is 0 Å². The Kier molecular flexibility index (Phi) is 3.44. The van der Waals surface area contributed by atoms with Gasteiger partial charge in [-0.05, 0) is 12.8 Å². The molecule has 2 atom stereocenters. The molecule has 0 N–H and O–H groups in total. The van der Waals surface area contributed by atoms with Gasteiger partial charge in [0.2, 0.25) is 6.41 Å². The highest BCUT2D eigenvalue weighted by molar-refractivity contribution is 8.00. The number of carbonyl (C=O) groups excluding carboxylic acids is 1. The summed E-state index contributed by atoms with van der Waals surface area (Å²) in [5, 5.41) is 0.615. The maximum Gasteiger partial charge on any atom is 0.210 e. The molecule has 2 nitrogen and oxygen atoms in total. The van der Waals surface area contributed by atoms with Crippen LogP contribution in [0, 0.1) is 5.92 Å². The summed E-state index contributed by atoms with van der Waals surface area (Å²) >= 11 is 2.00. The molecule has 0 aromatic carbocycles. The highest BCUT2D eigenvalue weighted by Gasteiger charge is 2.29. The number of nitrogens with zero attached hydrogens (tertiary/aromatic N) is 1. The highest BCUT2D eigenvalue weighted by atomic mass is 32.2. The number of rotatable bonds is 2. The molecule has 0 aromatic rings. The Morgan fingerprint density at radius 2 is 2.25 bits per heavy atom. The van der Waals surface area contributed by atoms with Gasteiger partial charge in [-0.2, -0.15) is 11.8 Å². The van der Waals surface area contributed by atoms with E-state index in [0.717, 1.165) is 18.7 Å². The molecule has 70 valence electrons. The van der Waals surface area contributed by atoms with Gasteiger partial charge in [0.05, 0.1) is 0 Å². The van der Waals surface area contributed by atoms with E-state index in [4.69, 9.17) is 0 Å². The lowest BCUT2D eigenvalue weighted by Crippen LogP contribution is -2.46. The van der Waals surface area contributed by atoms with Crippen LogP contribution in [0.2, 0.25) is 0 Å². The maximum atomic E-state index is 10.7. The molecular weight excluding hydrogens is 170 g/mol. The molecule has 1 heterocycles. The van der Waals surface area contributed by atoms with Gasteiger partial charge in [-0.3, -0.25) is 4.79 Å². The lowest BCUT2D eigenvalue weighted by molar-refractivity contribution is -0.119. The van der Waals surface area contributed by atoms with Crippen molar-refractivity contribution >= 4 is 18.2 Å². The van der Waals surface area contributed by atoms with Crippen LogP contribution in [0.25, 0.3) is 0 Å². The molecule has 3 heteroatoms. The van der Waals surface area contributed by atoms with Crippen molar-refractivity contribution in [2.45, 2.75) is 32.1 Å². The van der Waals surface area contributed by atoms with Crippen LogP contribution in [-0.4, -0.2) is 34.9 Å². The molecule has 1 aliphatic rings. The van der Waals surface area contributed by atoms with Crippen molar-refractivity contribution in [1.82, 2.24) is 4.90 Å². The van der Waals surface area contributed by atoms with E-state index in [9.17, 15) is 4.79 Å². The second-order valence-electron chi connectivity index (χ2n) is 3.66. The average Bonchev–Trinajstić information content (AvgIpc) is 2.04. The fourth-order valence-electron chi connectivity index (χ4n) is 1.72. The Morgan fingerprint density at radius 3 is 2.75 bits per heavy atom. The highest BCUT2D eigenvalue weighted by Crippen LogP contribution is 2.29. The number of hydrogen-bond acceptors (Lipinski definition) is 2. The van der Waals surface area contributed by atoms with Crippen molar-refractivity contribution in [2.75, 3.05) is 12.3 Å². The standard InChI is InChI=1S/C9H17NOS/c1-7(2)9-8(3)10(6-11)4-5-12-9/h6-9H,4-5H2,1-3H3. The Balaban J connectivity index is 2.58. The van der Waals surface area contributed by atoms with Gasteiger partial charge < -0.3 is 4.90 Å². The van der Waals surface area contributed by atoms with Gasteiger partial charge in [-0.15, -0.1) is 0 Å². The van der Waals surface area contributed by atoms with Gasteiger partial charge >= 0.3 is 0 Å². The molecule has 0 aliphatic carbocycles. The molecule has 1 fully saturated rings. The van der Waals surface area contributed by atoms with Gasteiger partial charge in [0.1, 0.15) is 0 Å². The predicted octanol–water partition coefficient (Wildman–Crippen LogP) is 1.60. The van der Waals surface area contributed by atoms with Crippen molar-refractivity contribution in [3.05, 3.63) is 0 Å². The first kappa shape index (κ1) is 9.90. The van der Waals surface area contributed by atoms with Crippen LogP contribution in [-0.2, 0) is 4.79 Å². The van der Waals surface area contributed by atoms with Gasteiger partial charge in [0.15, 0.2) is 0 Å². The van der Waals surface area contributed by atoms with Gasteiger partial charge in [-0.1, -0.05) is 13.8 Å². The van der Waals surface area contributed by atoms with E-state index in [-0.39, 0.29) is 0 Å². The lowest BCUT2D eigenvalue weighted by atomic mass is 10.0. The molecular formula is C9H17NOS. The summed E-state index contributed by atoms with van der Waals surface area (Å²) in [5.41, 5.74) is 0. The second-order valence-corrected chi connectivity index (χ2v) is 4.95. The van der Waals surface area contributed by atoms with E-state index in [1.807, 2.05) is 16.7 Å². The molecule has 0 aromatic heterocycles.